The number of carboxylic acids is 1. The van der Waals surface area contributed by atoms with Crippen molar-refractivity contribution in [1.29, 1.82) is 0 Å². The molecule has 35 heavy (non-hydrogen) atoms. The summed E-state index contributed by atoms with van der Waals surface area (Å²) in [5.74, 6) is -2.08. The number of halogens is 2. The molecule has 1 saturated heterocycles. The second kappa shape index (κ2) is 10.3. The highest BCUT2D eigenvalue weighted by Crippen LogP contribution is 2.45. The molecule has 2 aromatic rings. The molecule has 8 heteroatoms. The van der Waals surface area contributed by atoms with Crippen LogP contribution in [0, 0.1) is 31.4 Å². The molecule has 2 aromatic carbocycles. The van der Waals surface area contributed by atoms with Crippen LogP contribution in [0.1, 0.15) is 70.3 Å². The number of carboxylic acid groups (broad SMARTS) is 1. The van der Waals surface area contributed by atoms with Gasteiger partial charge in [-0.1, -0.05) is 17.7 Å². The first-order chi connectivity index (χ1) is 16.7. The van der Waals surface area contributed by atoms with Crippen LogP contribution in [-0.2, 0) is 9.53 Å². The topological polar surface area (TPSA) is 76.1 Å². The van der Waals surface area contributed by atoms with Gasteiger partial charge in [0, 0.05) is 11.6 Å². The van der Waals surface area contributed by atoms with Crippen LogP contribution in [0.3, 0.4) is 0 Å². The first-order valence-electron chi connectivity index (χ1n) is 12.0. The van der Waals surface area contributed by atoms with Crippen molar-refractivity contribution in [3.05, 3.63) is 63.7 Å². The van der Waals surface area contributed by atoms with E-state index in [2.05, 4.69) is 4.74 Å². The van der Waals surface area contributed by atoms with Crippen molar-refractivity contribution in [2.75, 3.05) is 26.8 Å². The monoisotopic (exact) mass is 487 g/mol. The third-order valence-electron chi connectivity index (χ3n) is 6.97. The van der Waals surface area contributed by atoms with Crippen molar-refractivity contribution in [2.45, 2.75) is 51.5 Å². The number of benzene rings is 2. The first kappa shape index (κ1) is 25.1. The minimum absolute atomic E-state index is 0.0895. The molecule has 6 nitrogen and oxygen atoms in total. The number of rotatable bonds is 8. The van der Waals surface area contributed by atoms with Crippen LogP contribution < -0.4 is 4.74 Å². The summed E-state index contributed by atoms with van der Waals surface area (Å²) in [7, 11) is 1.22. The fraction of sp³-hybridized carbons (Fsp3) is 0.481. The van der Waals surface area contributed by atoms with Crippen LogP contribution >= 0.6 is 0 Å². The molecule has 1 heterocycles. The number of methoxy groups -OCH3 is 1. The van der Waals surface area contributed by atoms with E-state index in [0.29, 0.717) is 43.9 Å². The number of ether oxygens (including phenoxy) is 2. The number of aliphatic carboxylic acids is 1. The summed E-state index contributed by atoms with van der Waals surface area (Å²) >= 11 is 0. The fourth-order valence-electron chi connectivity index (χ4n) is 4.93. The first-order valence-corrected chi connectivity index (χ1v) is 12.0. The van der Waals surface area contributed by atoms with Crippen LogP contribution in [0.5, 0.6) is 5.75 Å². The molecule has 1 unspecified atom stereocenters. The van der Waals surface area contributed by atoms with Crippen molar-refractivity contribution < 1.29 is 33.0 Å². The molecule has 0 radical (unpaired) electrons. The molecule has 1 aliphatic carbocycles. The van der Waals surface area contributed by atoms with Gasteiger partial charge in [-0.25, -0.2) is 13.6 Å². The maximum absolute atomic E-state index is 14.8. The van der Waals surface area contributed by atoms with Crippen molar-refractivity contribution in [1.82, 2.24) is 4.90 Å². The van der Waals surface area contributed by atoms with E-state index < -0.39 is 29.6 Å². The van der Waals surface area contributed by atoms with E-state index in [4.69, 9.17) is 4.74 Å². The quantitative estimate of drug-likeness (QED) is 0.519. The number of aryl methyl sites for hydroxylation is 2. The van der Waals surface area contributed by atoms with Gasteiger partial charge in [0.15, 0.2) is 0 Å². The van der Waals surface area contributed by atoms with Crippen LogP contribution in [0.4, 0.5) is 8.78 Å². The lowest BCUT2D eigenvalue weighted by molar-refractivity contribution is -0.144. The molecule has 188 valence electrons. The standard InChI is InChI=1S/C27H31F2NO5/c1-15-10-16(2)24(29)21(11-15)25(26(31)32)30-8-6-17(7-9-30)14-35-23-13-22(28)20(27(33)34-3)12-19(23)18-4-5-18/h10-13,17-18,25H,4-9,14H2,1-3H3,(H,31,32). The minimum Gasteiger partial charge on any atom is -0.493 e. The predicted molar refractivity (Wildman–Crippen MR) is 126 cm³/mol. The van der Waals surface area contributed by atoms with E-state index in [1.807, 2.05) is 6.92 Å². The fourth-order valence-corrected chi connectivity index (χ4v) is 4.93. The molecule has 0 aromatic heterocycles. The highest BCUT2D eigenvalue weighted by Gasteiger charge is 2.34. The number of nitrogens with zero attached hydrogens (tertiary/aromatic N) is 1. The second-order valence-electron chi connectivity index (χ2n) is 9.65. The Balaban J connectivity index is 1.42. The summed E-state index contributed by atoms with van der Waals surface area (Å²) in [6.07, 6.45) is 3.29. The SMILES string of the molecule is COC(=O)c1cc(C2CC2)c(OCC2CCN(C(C(=O)O)c3cc(C)cc(C)c3F)CC2)cc1F. The van der Waals surface area contributed by atoms with E-state index in [0.717, 1.165) is 24.0 Å². The number of likely N-dealkylation sites (tertiary alicyclic amines) is 1. The number of hydrogen-bond donors (Lipinski definition) is 1. The van der Waals surface area contributed by atoms with Crippen molar-refractivity contribution >= 4 is 11.9 Å². The van der Waals surface area contributed by atoms with Gasteiger partial charge in [-0.05, 0) is 81.6 Å². The van der Waals surface area contributed by atoms with Crippen LogP contribution in [-0.4, -0.2) is 48.8 Å². The van der Waals surface area contributed by atoms with E-state index in [9.17, 15) is 23.5 Å². The normalized spacial score (nSPS) is 17.7. The summed E-state index contributed by atoms with van der Waals surface area (Å²) in [6, 6.07) is 5.07. The molecule has 1 atom stereocenters. The molecule has 4 rings (SSSR count). The Bertz CT molecular complexity index is 1120. The summed E-state index contributed by atoms with van der Waals surface area (Å²) in [4.78, 5) is 25.8. The van der Waals surface area contributed by atoms with Gasteiger partial charge in [0.25, 0.3) is 0 Å². The Kier molecular flexibility index (Phi) is 7.40. The van der Waals surface area contributed by atoms with E-state index >= 15 is 0 Å². The third kappa shape index (κ3) is 5.48. The minimum atomic E-state index is -1.07. The largest absolute Gasteiger partial charge is 0.493 e. The second-order valence-corrected chi connectivity index (χ2v) is 9.65. The highest BCUT2D eigenvalue weighted by atomic mass is 19.1. The number of carbonyl (C=O) groups is 2. The van der Waals surface area contributed by atoms with Gasteiger partial charge >= 0.3 is 11.9 Å². The molecule has 2 aliphatic rings. The molecule has 1 aliphatic heterocycles. The Labute approximate surface area is 203 Å². The van der Waals surface area contributed by atoms with Gasteiger partial charge in [-0.15, -0.1) is 0 Å². The smallest absolute Gasteiger partial charge is 0.340 e. The summed E-state index contributed by atoms with van der Waals surface area (Å²) in [5.41, 5.74) is 2.19. The lowest BCUT2D eigenvalue weighted by Crippen LogP contribution is -2.41. The Morgan fingerprint density at radius 2 is 1.77 bits per heavy atom. The molecule has 2 fully saturated rings. The number of hydrogen-bond acceptors (Lipinski definition) is 5. The zero-order valence-corrected chi connectivity index (χ0v) is 20.3. The van der Waals surface area contributed by atoms with Gasteiger partial charge < -0.3 is 14.6 Å². The summed E-state index contributed by atoms with van der Waals surface area (Å²) in [5, 5.41) is 9.90. The molecule has 1 saturated carbocycles. The van der Waals surface area contributed by atoms with Gasteiger partial charge in [-0.2, -0.15) is 0 Å². The molecular weight excluding hydrogens is 456 g/mol. The van der Waals surface area contributed by atoms with Gasteiger partial charge in [0.05, 0.1) is 19.3 Å². The van der Waals surface area contributed by atoms with Crippen LogP contribution in [0.2, 0.25) is 0 Å². The maximum atomic E-state index is 14.8. The molecule has 0 spiro atoms. The predicted octanol–water partition coefficient (Wildman–Crippen LogP) is 5.16. The zero-order chi connectivity index (χ0) is 25.3. The number of esters is 1. The third-order valence-corrected chi connectivity index (χ3v) is 6.97. The van der Waals surface area contributed by atoms with Gasteiger partial charge in [-0.3, -0.25) is 9.69 Å². The van der Waals surface area contributed by atoms with E-state index in [1.54, 1.807) is 24.0 Å². The number of piperidine rings is 1. The Morgan fingerprint density at radius 3 is 2.37 bits per heavy atom. The van der Waals surface area contributed by atoms with Crippen molar-refractivity contribution in [3.8, 4) is 5.75 Å². The van der Waals surface area contributed by atoms with Crippen LogP contribution in [0.25, 0.3) is 0 Å². The molecule has 1 N–H and O–H groups in total. The molecule has 0 amide bonds. The van der Waals surface area contributed by atoms with Gasteiger partial charge in [0.2, 0.25) is 0 Å². The van der Waals surface area contributed by atoms with E-state index in [1.165, 1.54) is 19.2 Å². The zero-order valence-electron chi connectivity index (χ0n) is 20.3. The van der Waals surface area contributed by atoms with Crippen molar-refractivity contribution in [3.63, 3.8) is 0 Å². The molecular formula is C27H31F2NO5. The maximum Gasteiger partial charge on any atom is 0.340 e. The lowest BCUT2D eigenvalue weighted by Gasteiger charge is -2.36. The average molecular weight is 488 g/mol. The van der Waals surface area contributed by atoms with Crippen LogP contribution in [0.15, 0.2) is 24.3 Å². The summed E-state index contributed by atoms with van der Waals surface area (Å²) < 4.78 is 40.0. The van der Waals surface area contributed by atoms with Crippen molar-refractivity contribution in [2.24, 2.45) is 5.92 Å². The molecule has 0 bridgehead atoms. The Morgan fingerprint density at radius 1 is 1.09 bits per heavy atom. The number of carbonyl (C=O) groups excluding carboxylic acids is 1. The lowest BCUT2D eigenvalue weighted by atomic mass is 9.93. The summed E-state index contributed by atoms with van der Waals surface area (Å²) in [6.45, 7) is 4.81. The van der Waals surface area contributed by atoms with Gasteiger partial charge in [0.1, 0.15) is 23.4 Å². The Hall–Kier alpha value is -3.00. The van der Waals surface area contributed by atoms with E-state index in [-0.39, 0.29) is 23.0 Å². The highest BCUT2D eigenvalue weighted by molar-refractivity contribution is 5.90. The average Bonchev–Trinajstić information content (AvgIpc) is 3.66.